The molecule has 1 aliphatic heterocycles. The van der Waals surface area contributed by atoms with E-state index in [2.05, 4.69) is 28.0 Å². The predicted octanol–water partition coefficient (Wildman–Crippen LogP) is 1.67. The maximum absolute atomic E-state index is 5.52. The monoisotopic (exact) mass is 232 g/mol. The minimum atomic E-state index is 0.550. The lowest BCUT2D eigenvalue weighted by Crippen LogP contribution is -2.08. The van der Waals surface area contributed by atoms with Gasteiger partial charge in [-0.05, 0) is 24.1 Å². The van der Waals surface area contributed by atoms with Gasteiger partial charge in [-0.1, -0.05) is 6.07 Å². The lowest BCUT2D eigenvalue weighted by atomic mass is 10.0. The molecule has 4 heteroatoms. The van der Waals surface area contributed by atoms with Gasteiger partial charge in [0.25, 0.3) is 0 Å². The van der Waals surface area contributed by atoms with Crippen molar-refractivity contribution in [3.05, 3.63) is 35.0 Å². The highest BCUT2D eigenvalue weighted by Crippen LogP contribution is 2.27. The summed E-state index contributed by atoms with van der Waals surface area (Å²) in [7, 11) is 0. The standard InChI is InChI=1S/C13H16N2O2/c14-17-6-3-9-1-2-12-10(7-9)11-8-16-5-4-13(11)15-12/h1-2,7,15H,3-6,8,14H2. The van der Waals surface area contributed by atoms with Crippen LogP contribution < -0.4 is 5.90 Å². The molecule has 0 amide bonds. The third-order valence-corrected chi connectivity index (χ3v) is 3.31. The molecule has 0 radical (unpaired) electrons. The maximum Gasteiger partial charge on any atom is 0.0740 e. The van der Waals surface area contributed by atoms with Crippen molar-refractivity contribution in [1.82, 2.24) is 4.98 Å². The van der Waals surface area contributed by atoms with Crippen molar-refractivity contribution in [3.8, 4) is 0 Å². The van der Waals surface area contributed by atoms with E-state index >= 15 is 0 Å². The van der Waals surface area contributed by atoms with Gasteiger partial charge in [-0.25, -0.2) is 5.90 Å². The number of rotatable bonds is 3. The molecule has 1 aliphatic rings. The van der Waals surface area contributed by atoms with Crippen molar-refractivity contribution in [2.45, 2.75) is 19.4 Å². The molecule has 0 atom stereocenters. The molecular formula is C13H16N2O2. The Balaban J connectivity index is 2.02. The number of aromatic nitrogens is 1. The largest absolute Gasteiger partial charge is 0.376 e. The Morgan fingerprint density at radius 2 is 2.35 bits per heavy atom. The molecule has 0 fully saturated rings. The topological polar surface area (TPSA) is 60.3 Å². The molecule has 0 unspecified atom stereocenters. The zero-order valence-corrected chi connectivity index (χ0v) is 9.66. The van der Waals surface area contributed by atoms with Crippen LogP contribution in [0.25, 0.3) is 10.9 Å². The first-order chi connectivity index (χ1) is 8.38. The summed E-state index contributed by atoms with van der Waals surface area (Å²) in [6, 6.07) is 6.45. The first-order valence-electron chi connectivity index (χ1n) is 5.90. The fraction of sp³-hybridized carbons (Fsp3) is 0.385. The van der Waals surface area contributed by atoms with E-state index in [0.29, 0.717) is 13.2 Å². The molecule has 17 heavy (non-hydrogen) atoms. The van der Waals surface area contributed by atoms with Gasteiger partial charge in [0.1, 0.15) is 0 Å². The summed E-state index contributed by atoms with van der Waals surface area (Å²) in [6.07, 6.45) is 1.82. The summed E-state index contributed by atoms with van der Waals surface area (Å²) < 4.78 is 5.52. The normalized spacial score (nSPS) is 15.1. The molecule has 1 aromatic carbocycles. The molecule has 3 N–H and O–H groups in total. The maximum atomic E-state index is 5.52. The highest BCUT2D eigenvalue weighted by molar-refractivity contribution is 5.85. The molecule has 0 bridgehead atoms. The summed E-state index contributed by atoms with van der Waals surface area (Å²) in [5.74, 6) is 5.05. The van der Waals surface area contributed by atoms with Crippen molar-refractivity contribution < 1.29 is 9.57 Å². The second-order valence-corrected chi connectivity index (χ2v) is 4.39. The third kappa shape index (κ3) is 1.95. The Morgan fingerprint density at radius 1 is 1.41 bits per heavy atom. The van der Waals surface area contributed by atoms with Crippen LogP contribution in [0.2, 0.25) is 0 Å². The molecule has 0 spiro atoms. The number of fused-ring (bicyclic) bond motifs is 3. The van der Waals surface area contributed by atoms with Crippen LogP contribution in [0.5, 0.6) is 0 Å². The van der Waals surface area contributed by atoms with E-state index in [4.69, 9.17) is 10.6 Å². The Bertz CT molecular complexity index is 533. The molecule has 2 aromatic rings. The van der Waals surface area contributed by atoms with Gasteiger partial charge in [-0.15, -0.1) is 0 Å². The number of nitrogens with two attached hydrogens (primary N) is 1. The zero-order chi connectivity index (χ0) is 11.7. The van der Waals surface area contributed by atoms with Crippen LogP contribution in [0.1, 0.15) is 16.8 Å². The van der Waals surface area contributed by atoms with E-state index in [1.54, 1.807) is 0 Å². The van der Waals surface area contributed by atoms with E-state index in [1.807, 2.05) is 0 Å². The number of hydrogen-bond donors (Lipinski definition) is 2. The molecule has 0 saturated heterocycles. The van der Waals surface area contributed by atoms with Crippen molar-refractivity contribution in [2.75, 3.05) is 13.2 Å². The minimum absolute atomic E-state index is 0.550. The number of H-pyrrole nitrogens is 1. The van der Waals surface area contributed by atoms with E-state index in [9.17, 15) is 0 Å². The van der Waals surface area contributed by atoms with Crippen LogP contribution in [-0.4, -0.2) is 18.2 Å². The lowest BCUT2D eigenvalue weighted by Gasteiger charge is -2.11. The number of nitrogens with one attached hydrogen (secondary N) is 1. The van der Waals surface area contributed by atoms with Gasteiger partial charge >= 0.3 is 0 Å². The molecular weight excluding hydrogens is 216 g/mol. The number of hydrogen-bond acceptors (Lipinski definition) is 3. The Morgan fingerprint density at radius 3 is 3.24 bits per heavy atom. The average Bonchev–Trinajstić information content (AvgIpc) is 2.74. The quantitative estimate of drug-likeness (QED) is 0.791. The summed E-state index contributed by atoms with van der Waals surface area (Å²) in [5.41, 5.74) is 5.06. The van der Waals surface area contributed by atoms with Gasteiger partial charge in [0.05, 0.1) is 19.8 Å². The summed E-state index contributed by atoms with van der Waals surface area (Å²) in [6.45, 7) is 2.08. The van der Waals surface area contributed by atoms with Gasteiger partial charge in [0.15, 0.2) is 0 Å². The molecule has 0 saturated carbocycles. The molecule has 3 rings (SSSR count). The summed E-state index contributed by atoms with van der Waals surface area (Å²) >= 11 is 0. The van der Waals surface area contributed by atoms with Gasteiger partial charge in [0.2, 0.25) is 0 Å². The van der Waals surface area contributed by atoms with Gasteiger partial charge in [0, 0.05) is 28.6 Å². The summed E-state index contributed by atoms with van der Waals surface area (Å²) in [4.78, 5) is 8.08. The van der Waals surface area contributed by atoms with Crippen molar-refractivity contribution in [1.29, 1.82) is 0 Å². The fourth-order valence-electron chi connectivity index (χ4n) is 2.41. The first kappa shape index (κ1) is 10.8. The van der Waals surface area contributed by atoms with Crippen molar-refractivity contribution in [2.24, 2.45) is 5.90 Å². The zero-order valence-electron chi connectivity index (χ0n) is 9.66. The molecule has 90 valence electrons. The second-order valence-electron chi connectivity index (χ2n) is 4.39. The van der Waals surface area contributed by atoms with Gasteiger partial charge in [-0.2, -0.15) is 0 Å². The van der Waals surface area contributed by atoms with Crippen LogP contribution in [0.4, 0.5) is 0 Å². The third-order valence-electron chi connectivity index (χ3n) is 3.31. The minimum Gasteiger partial charge on any atom is -0.376 e. The van der Waals surface area contributed by atoms with Gasteiger partial charge in [-0.3, -0.25) is 0 Å². The highest BCUT2D eigenvalue weighted by Gasteiger charge is 2.15. The van der Waals surface area contributed by atoms with Crippen LogP contribution in [0.3, 0.4) is 0 Å². The van der Waals surface area contributed by atoms with Crippen LogP contribution >= 0.6 is 0 Å². The van der Waals surface area contributed by atoms with Gasteiger partial charge < -0.3 is 14.6 Å². The van der Waals surface area contributed by atoms with Crippen LogP contribution in [0.15, 0.2) is 18.2 Å². The Kier molecular flexibility index (Phi) is 2.84. The fourth-order valence-corrected chi connectivity index (χ4v) is 2.41. The Labute approximate surface area is 99.7 Å². The van der Waals surface area contributed by atoms with Crippen molar-refractivity contribution >= 4 is 10.9 Å². The number of benzene rings is 1. The van der Waals surface area contributed by atoms with Crippen LogP contribution in [-0.2, 0) is 29.0 Å². The predicted molar refractivity (Wildman–Crippen MR) is 65.5 cm³/mol. The van der Waals surface area contributed by atoms with Crippen molar-refractivity contribution in [3.63, 3.8) is 0 Å². The first-order valence-corrected chi connectivity index (χ1v) is 5.90. The molecule has 1 aromatic heterocycles. The second kappa shape index (κ2) is 4.49. The van der Waals surface area contributed by atoms with E-state index in [1.165, 1.54) is 27.7 Å². The molecule has 2 heterocycles. The smallest absolute Gasteiger partial charge is 0.0740 e. The van der Waals surface area contributed by atoms with E-state index < -0.39 is 0 Å². The SMILES string of the molecule is NOCCc1ccc2[nH]c3c(c2c1)COCC3. The average molecular weight is 232 g/mol. The lowest BCUT2D eigenvalue weighted by molar-refractivity contribution is 0.111. The van der Waals surface area contributed by atoms with E-state index in [-0.39, 0.29) is 0 Å². The highest BCUT2D eigenvalue weighted by atomic mass is 16.6. The molecule has 4 nitrogen and oxygen atoms in total. The molecule has 0 aliphatic carbocycles. The number of aromatic amines is 1. The summed E-state index contributed by atoms with van der Waals surface area (Å²) in [5, 5.41) is 1.27. The van der Waals surface area contributed by atoms with Crippen LogP contribution in [0, 0.1) is 0 Å². The number of ether oxygens (including phenoxy) is 1. The Hall–Kier alpha value is -1.36. The van der Waals surface area contributed by atoms with E-state index in [0.717, 1.165) is 19.4 Å².